The molecule has 1 N–H and O–H groups in total. The van der Waals surface area contributed by atoms with Crippen molar-refractivity contribution in [2.45, 2.75) is 13.3 Å². The zero-order chi connectivity index (χ0) is 10.8. The third-order valence-electron chi connectivity index (χ3n) is 2.50. The van der Waals surface area contributed by atoms with E-state index in [9.17, 15) is 0 Å². The predicted molar refractivity (Wildman–Crippen MR) is 65.3 cm³/mol. The van der Waals surface area contributed by atoms with Crippen LogP contribution in [0.3, 0.4) is 0 Å². The summed E-state index contributed by atoms with van der Waals surface area (Å²) in [6.07, 6.45) is 0.992. The summed E-state index contributed by atoms with van der Waals surface area (Å²) in [5.74, 6) is 0. The molecule has 0 spiro atoms. The van der Waals surface area contributed by atoms with Crippen molar-refractivity contribution in [2.24, 2.45) is 0 Å². The van der Waals surface area contributed by atoms with E-state index in [4.69, 9.17) is 0 Å². The Balaban J connectivity index is 2.55. The average molecular weight is 268 g/mol. The summed E-state index contributed by atoms with van der Waals surface area (Å²) < 4.78 is 3.22. The van der Waals surface area contributed by atoms with Gasteiger partial charge in [0.05, 0.1) is 10.3 Å². The normalized spacial score (nSPS) is 11.1. The molecule has 0 aliphatic heterocycles. The molecular formula is C11H14BrN3. The first-order valence-electron chi connectivity index (χ1n) is 5.01. The SMILES string of the molecule is CNCCc1c(C)nc2cccc(Br)n12. The standard InChI is InChI=1S/C11H14BrN3/c1-8-9(6-7-13-2)15-10(12)4-3-5-11(15)14-8/h3-5,13H,6-7H2,1-2H3. The molecule has 0 atom stereocenters. The highest BCUT2D eigenvalue weighted by Gasteiger charge is 2.09. The molecule has 0 saturated carbocycles. The Morgan fingerprint density at radius 2 is 2.27 bits per heavy atom. The predicted octanol–water partition coefficient (Wildman–Crippen LogP) is 2.17. The lowest BCUT2D eigenvalue weighted by Gasteiger charge is -2.04. The Morgan fingerprint density at radius 3 is 3.00 bits per heavy atom. The molecule has 0 aliphatic carbocycles. The summed E-state index contributed by atoms with van der Waals surface area (Å²) in [4.78, 5) is 4.53. The van der Waals surface area contributed by atoms with Crippen molar-refractivity contribution in [1.82, 2.24) is 14.7 Å². The lowest BCUT2D eigenvalue weighted by atomic mass is 10.2. The Hall–Kier alpha value is -0.870. The molecule has 80 valence electrons. The van der Waals surface area contributed by atoms with Crippen molar-refractivity contribution in [1.29, 1.82) is 0 Å². The van der Waals surface area contributed by atoms with E-state index >= 15 is 0 Å². The van der Waals surface area contributed by atoms with Crippen LogP contribution < -0.4 is 5.32 Å². The number of hydrogen-bond acceptors (Lipinski definition) is 2. The molecule has 4 heteroatoms. The van der Waals surface area contributed by atoms with Crippen molar-refractivity contribution in [3.05, 3.63) is 34.2 Å². The van der Waals surface area contributed by atoms with E-state index in [2.05, 4.69) is 37.6 Å². The minimum absolute atomic E-state index is 0.968. The highest BCUT2D eigenvalue weighted by atomic mass is 79.9. The Morgan fingerprint density at radius 1 is 1.47 bits per heavy atom. The summed E-state index contributed by atoms with van der Waals surface area (Å²) in [6.45, 7) is 3.03. The number of aryl methyl sites for hydroxylation is 1. The van der Waals surface area contributed by atoms with Crippen LogP contribution in [0, 0.1) is 6.92 Å². The van der Waals surface area contributed by atoms with Crippen molar-refractivity contribution in [2.75, 3.05) is 13.6 Å². The molecule has 0 aromatic carbocycles. The average Bonchev–Trinajstić information content (AvgIpc) is 2.53. The number of likely N-dealkylation sites (N-methyl/N-ethyl adjacent to an activating group) is 1. The number of rotatable bonds is 3. The van der Waals surface area contributed by atoms with E-state index < -0.39 is 0 Å². The number of imidazole rings is 1. The van der Waals surface area contributed by atoms with Gasteiger partial charge in [0.15, 0.2) is 0 Å². The third-order valence-corrected chi connectivity index (χ3v) is 3.12. The minimum atomic E-state index is 0.968. The maximum Gasteiger partial charge on any atom is 0.138 e. The molecule has 2 aromatic rings. The second-order valence-electron chi connectivity index (χ2n) is 3.54. The number of hydrogen-bond donors (Lipinski definition) is 1. The fraction of sp³-hybridized carbons (Fsp3) is 0.364. The van der Waals surface area contributed by atoms with Gasteiger partial charge in [0.1, 0.15) is 5.65 Å². The molecule has 0 saturated heterocycles. The highest BCUT2D eigenvalue weighted by molar-refractivity contribution is 9.10. The zero-order valence-corrected chi connectivity index (χ0v) is 10.5. The molecule has 2 aromatic heterocycles. The first-order valence-corrected chi connectivity index (χ1v) is 5.80. The van der Waals surface area contributed by atoms with Gasteiger partial charge in [0.25, 0.3) is 0 Å². The summed E-state index contributed by atoms with van der Waals surface area (Å²) in [5, 5.41) is 3.16. The van der Waals surface area contributed by atoms with Crippen molar-refractivity contribution >= 4 is 21.6 Å². The molecule has 0 fully saturated rings. The number of fused-ring (bicyclic) bond motifs is 1. The molecule has 0 bridgehead atoms. The lowest BCUT2D eigenvalue weighted by molar-refractivity contribution is 0.764. The molecule has 0 radical (unpaired) electrons. The Bertz CT molecular complexity index is 476. The van der Waals surface area contributed by atoms with E-state index in [1.54, 1.807) is 0 Å². The van der Waals surface area contributed by atoms with Crippen LogP contribution in [0.25, 0.3) is 5.65 Å². The lowest BCUT2D eigenvalue weighted by Crippen LogP contribution is -2.12. The summed E-state index contributed by atoms with van der Waals surface area (Å²) in [5.41, 5.74) is 3.39. The van der Waals surface area contributed by atoms with Crippen LogP contribution in [0.15, 0.2) is 22.8 Å². The van der Waals surface area contributed by atoms with Gasteiger partial charge in [-0.25, -0.2) is 4.98 Å². The van der Waals surface area contributed by atoms with E-state index in [0.29, 0.717) is 0 Å². The fourth-order valence-electron chi connectivity index (χ4n) is 1.76. The van der Waals surface area contributed by atoms with Gasteiger partial charge in [0, 0.05) is 18.7 Å². The summed E-state index contributed by atoms with van der Waals surface area (Å²) >= 11 is 3.56. The maximum absolute atomic E-state index is 4.53. The van der Waals surface area contributed by atoms with Crippen LogP contribution in [0.2, 0.25) is 0 Å². The first kappa shape index (κ1) is 10.6. The van der Waals surface area contributed by atoms with Gasteiger partial charge in [-0.1, -0.05) is 6.07 Å². The number of aromatic nitrogens is 2. The van der Waals surface area contributed by atoms with Gasteiger partial charge < -0.3 is 5.32 Å². The molecule has 3 nitrogen and oxygen atoms in total. The van der Waals surface area contributed by atoms with Gasteiger partial charge in [-0.15, -0.1) is 0 Å². The molecule has 0 unspecified atom stereocenters. The van der Waals surface area contributed by atoms with Crippen LogP contribution in [-0.2, 0) is 6.42 Å². The Labute approximate surface area is 97.6 Å². The first-order chi connectivity index (χ1) is 7.24. The molecule has 2 heterocycles. The second-order valence-corrected chi connectivity index (χ2v) is 4.35. The quantitative estimate of drug-likeness (QED) is 0.864. The van der Waals surface area contributed by atoms with Crippen LogP contribution in [0.1, 0.15) is 11.4 Å². The fourth-order valence-corrected chi connectivity index (χ4v) is 2.31. The van der Waals surface area contributed by atoms with Crippen LogP contribution in [0.5, 0.6) is 0 Å². The van der Waals surface area contributed by atoms with Crippen molar-refractivity contribution in [3.8, 4) is 0 Å². The van der Waals surface area contributed by atoms with Gasteiger partial charge in [0.2, 0.25) is 0 Å². The van der Waals surface area contributed by atoms with Crippen molar-refractivity contribution < 1.29 is 0 Å². The van der Waals surface area contributed by atoms with E-state index in [-0.39, 0.29) is 0 Å². The highest BCUT2D eigenvalue weighted by Crippen LogP contribution is 2.19. The Kier molecular flexibility index (Phi) is 3.07. The number of halogens is 1. The van der Waals surface area contributed by atoms with E-state index in [1.165, 1.54) is 5.69 Å². The largest absolute Gasteiger partial charge is 0.319 e. The summed E-state index contributed by atoms with van der Waals surface area (Å²) in [7, 11) is 1.97. The minimum Gasteiger partial charge on any atom is -0.319 e. The smallest absolute Gasteiger partial charge is 0.138 e. The van der Waals surface area contributed by atoms with Gasteiger partial charge in [-0.3, -0.25) is 4.40 Å². The van der Waals surface area contributed by atoms with E-state index in [1.807, 2.05) is 25.2 Å². The number of pyridine rings is 1. The molecular weight excluding hydrogens is 254 g/mol. The van der Waals surface area contributed by atoms with Crippen LogP contribution in [0.4, 0.5) is 0 Å². The van der Waals surface area contributed by atoms with Crippen LogP contribution >= 0.6 is 15.9 Å². The van der Waals surface area contributed by atoms with E-state index in [0.717, 1.165) is 28.9 Å². The topological polar surface area (TPSA) is 29.3 Å². The molecule has 15 heavy (non-hydrogen) atoms. The second kappa shape index (κ2) is 4.33. The molecule has 2 rings (SSSR count). The molecule has 0 amide bonds. The van der Waals surface area contributed by atoms with Gasteiger partial charge in [-0.05, 0) is 42.0 Å². The maximum atomic E-state index is 4.53. The number of nitrogens with zero attached hydrogens (tertiary/aromatic N) is 2. The third kappa shape index (κ3) is 1.92. The number of nitrogens with one attached hydrogen (secondary N) is 1. The van der Waals surface area contributed by atoms with Gasteiger partial charge >= 0.3 is 0 Å². The van der Waals surface area contributed by atoms with Crippen LogP contribution in [-0.4, -0.2) is 23.0 Å². The van der Waals surface area contributed by atoms with Crippen molar-refractivity contribution in [3.63, 3.8) is 0 Å². The molecule has 0 aliphatic rings. The zero-order valence-electron chi connectivity index (χ0n) is 8.92. The summed E-state index contributed by atoms with van der Waals surface area (Å²) in [6, 6.07) is 6.07. The monoisotopic (exact) mass is 267 g/mol. The van der Waals surface area contributed by atoms with Gasteiger partial charge in [-0.2, -0.15) is 0 Å².